The van der Waals surface area contributed by atoms with Gasteiger partial charge in [-0.3, -0.25) is 0 Å². The Morgan fingerprint density at radius 3 is 2.53 bits per heavy atom. The summed E-state index contributed by atoms with van der Waals surface area (Å²) in [7, 11) is 3.79. The average Bonchev–Trinajstić information content (AvgIpc) is 2.23. The lowest BCUT2D eigenvalue weighted by Gasteiger charge is -2.17. The van der Waals surface area contributed by atoms with Crippen molar-refractivity contribution in [1.29, 1.82) is 0 Å². The van der Waals surface area contributed by atoms with Gasteiger partial charge >= 0.3 is 0 Å². The number of methoxy groups -OCH3 is 1. The number of ether oxygens (including phenoxy) is 1. The van der Waals surface area contributed by atoms with E-state index in [9.17, 15) is 0 Å². The highest BCUT2D eigenvalue weighted by Gasteiger charge is 1.98. The Bertz CT molecular complexity index is 167. The molecule has 0 saturated heterocycles. The lowest BCUT2D eigenvalue weighted by Crippen LogP contribution is -2.40. The van der Waals surface area contributed by atoms with E-state index >= 15 is 0 Å². The highest BCUT2D eigenvalue weighted by atomic mass is 32.1. The van der Waals surface area contributed by atoms with Crippen LogP contribution in [0.1, 0.15) is 13.3 Å². The first kappa shape index (κ1) is 14.6. The van der Waals surface area contributed by atoms with E-state index in [1.807, 2.05) is 0 Å². The first-order valence-corrected chi connectivity index (χ1v) is 5.80. The normalized spacial score (nSPS) is 10.4. The molecule has 0 heterocycles. The maximum atomic E-state index is 5.09. The van der Waals surface area contributed by atoms with Gasteiger partial charge in [-0.25, -0.2) is 0 Å². The van der Waals surface area contributed by atoms with E-state index in [1.165, 1.54) is 0 Å². The zero-order valence-electron chi connectivity index (χ0n) is 10.0. The van der Waals surface area contributed by atoms with Crippen molar-refractivity contribution in [2.75, 3.05) is 46.9 Å². The summed E-state index contributed by atoms with van der Waals surface area (Å²) in [6.07, 6.45) is 1.09. The third-order valence-corrected chi connectivity index (χ3v) is 2.28. The van der Waals surface area contributed by atoms with Crippen molar-refractivity contribution < 1.29 is 4.74 Å². The highest BCUT2D eigenvalue weighted by molar-refractivity contribution is 7.80. The molecule has 90 valence electrons. The number of likely N-dealkylation sites (N-methyl/N-ethyl adjacent to an activating group) is 1. The third-order valence-electron chi connectivity index (χ3n) is 1.99. The standard InChI is InChI=1S/C10H23N3OS/c1-4-5-11-10(15)12-6-7-13(2)8-9-14-3/h4-9H2,1-3H3,(H2,11,12,15). The SMILES string of the molecule is CCCNC(=S)NCCN(C)CCOC. The molecule has 4 nitrogen and oxygen atoms in total. The quantitative estimate of drug-likeness (QED) is 0.595. The van der Waals surface area contributed by atoms with Crippen molar-refractivity contribution in [3.05, 3.63) is 0 Å². The molecule has 0 radical (unpaired) electrons. The van der Waals surface area contributed by atoms with Gasteiger partial charge in [0.25, 0.3) is 0 Å². The number of nitrogens with zero attached hydrogens (tertiary/aromatic N) is 1. The molecule has 0 saturated carbocycles. The van der Waals surface area contributed by atoms with Gasteiger partial charge in [0, 0.05) is 33.3 Å². The maximum absolute atomic E-state index is 5.09. The second-order valence-corrected chi connectivity index (χ2v) is 3.89. The van der Waals surface area contributed by atoms with Crippen LogP contribution in [-0.4, -0.2) is 57.0 Å². The Morgan fingerprint density at radius 1 is 1.27 bits per heavy atom. The summed E-state index contributed by atoms with van der Waals surface area (Å²) < 4.78 is 4.99. The Kier molecular flexibility index (Phi) is 9.88. The van der Waals surface area contributed by atoms with Crippen LogP contribution in [0.5, 0.6) is 0 Å². The molecule has 0 aromatic rings. The molecule has 0 aromatic heterocycles. The van der Waals surface area contributed by atoms with Crippen molar-refractivity contribution in [3.63, 3.8) is 0 Å². The van der Waals surface area contributed by atoms with Gasteiger partial charge in [-0.1, -0.05) is 6.92 Å². The van der Waals surface area contributed by atoms with E-state index in [2.05, 4.69) is 29.5 Å². The Balaban J connectivity index is 3.31. The fraction of sp³-hybridized carbons (Fsp3) is 0.900. The molecule has 0 aliphatic heterocycles. The number of hydrogen-bond donors (Lipinski definition) is 2. The van der Waals surface area contributed by atoms with Crippen LogP contribution in [-0.2, 0) is 4.74 Å². The van der Waals surface area contributed by atoms with E-state index in [1.54, 1.807) is 7.11 Å². The summed E-state index contributed by atoms with van der Waals surface area (Å²) in [6.45, 7) is 6.62. The fourth-order valence-corrected chi connectivity index (χ4v) is 1.22. The van der Waals surface area contributed by atoms with E-state index in [0.717, 1.165) is 44.3 Å². The predicted octanol–water partition coefficient (Wildman–Crippen LogP) is 0.439. The zero-order chi connectivity index (χ0) is 11.5. The van der Waals surface area contributed by atoms with Crippen molar-refractivity contribution in [2.24, 2.45) is 0 Å². The summed E-state index contributed by atoms with van der Waals surface area (Å²) in [5.74, 6) is 0. The molecule has 0 aliphatic rings. The van der Waals surface area contributed by atoms with Crippen LogP contribution < -0.4 is 10.6 Å². The topological polar surface area (TPSA) is 36.5 Å². The molecule has 0 amide bonds. The second kappa shape index (κ2) is 10.1. The van der Waals surface area contributed by atoms with Crippen molar-refractivity contribution in [2.45, 2.75) is 13.3 Å². The molecule has 0 fully saturated rings. The minimum atomic E-state index is 0.747. The van der Waals surface area contributed by atoms with Crippen LogP contribution in [0.15, 0.2) is 0 Å². The molecular weight excluding hydrogens is 210 g/mol. The van der Waals surface area contributed by atoms with E-state index in [0.29, 0.717) is 0 Å². The Labute approximate surface area is 98.4 Å². The van der Waals surface area contributed by atoms with Crippen LogP contribution in [0, 0.1) is 0 Å². The number of thiocarbonyl (C=S) groups is 1. The molecule has 0 rings (SSSR count). The molecule has 15 heavy (non-hydrogen) atoms. The molecule has 0 aliphatic carbocycles. The van der Waals surface area contributed by atoms with E-state index < -0.39 is 0 Å². The first-order chi connectivity index (χ1) is 7.20. The summed E-state index contributed by atoms with van der Waals surface area (Å²) in [4.78, 5) is 2.21. The number of nitrogens with one attached hydrogen (secondary N) is 2. The summed E-state index contributed by atoms with van der Waals surface area (Å²) >= 11 is 5.09. The largest absolute Gasteiger partial charge is 0.383 e. The Hall–Kier alpha value is -0.390. The molecule has 0 unspecified atom stereocenters. The van der Waals surface area contributed by atoms with Crippen LogP contribution >= 0.6 is 12.2 Å². The van der Waals surface area contributed by atoms with Crippen LogP contribution in [0.3, 0.4) is 0 Å². The number of hydrogen-bond acceptors (Lipinski definition) is 3. The van der Waals surface area contributed by atoms with Crippen molar-refractivity contribution in [1.82, 2.24) is 15.5 Å². The van der Waals surface area contributed by atoms with Gasteiger partial charge in [-0.2, -0.15) is 0 Å². The van der Waals surface area contributed by atoms with E-state index in [-0.39, 0.29) is 0 Å². The van der Waals surface area contributed by atoms with Gasteiger partial charge in [0.05, 0.1) is 6.61 Å². The number of rotatable bonds is 8. The summed E-state index contributed by atoms with van der Waals surface area (Å²) in [5.41, 5.74) is 0. The summed E-state index contributed by atoms with van der Waals surface area (Å²) in [5, 5.41) is 7.04. The van der Waals surface area contributed by atoms with Crippen LogP contribution in [0.25, 0.3) is 0 Å². The lowest BCUT2D eigenvalue weighted by molar-refractivity contribution is 0.162. The van der Waals surface area contributed by atoms with Crippen LogP contribution in [0.4, 0.5) is 0 Å². The van der Waals surface area contributed by atoms with Crippen molar-refractivity contribution in [3.8, 4) is 0 Å². The average molecular weight is 233 g/mol. The zero-order valence-corrected chi connectivity index (χ0v) is 10.8. The molecule has 5 heteroatoms. The van der Waals surface area contributed by atoms with Gasteiger partial charge in [0.2, 0.25) is 0 Å². The van der Waals surface area contributed by atoms with Gasteiger partial charge in [0.15, 0.2) is 5.11 Å². The van der Waals surface area contributed by atoms with Gasteiger partial charge in [0.1, 0.15) is 0 Å². The molecular formula is C10H23N3OS. The predicted molar refractivity (Wildman–Crippen MR) is 68.3 cm³/mol. The molecule has 0 spiro atoms. The molecule has 0 bridgehead atoms. The first-order valence-electron chi connectivity index (χ1n) is 5.39. The Morgan fingerprint density at radius 2 is 1.93 bits per heavy atom. The third kappa shape index (κ3) is 9.90. The van der Waals surface area contributed by atoms with Gasteiger partial charge in [-0.15, -0.1) is 0 Å². The highest BCUT2D eigenvalue weighted by Crippen LogP contribution is 1.81. The minimum Gasteiger partial charge on any atom is -0.383 e. The van der Waals surface area contributed by atoms with Gasteiger partial charge < -0.3 is 20.3 Å². The molecule has 0 atom stereocenters. The fourth-order valence-electron chi connectivity index (χ4n) is 1.02. The maximum Gasteiger partial charge on any atom is 0.166 e. The van der Waals surface area contributed by atoms with Crippen LogP contribution in [0.2, 0.25) is 0 Å². The van der Waals surface area contributed by atoms with E-state index in [4.69, 9.17) is 17.0 Å². The lowest BCUT2D eigenvalue weighted by atomic mass is 10.5. The monoisotopic (exact) mass is 233 g/mol. The minimum absolute atomic E-state index is 0.747. The van der Waals surface area contributed by atoms with Gasteiger partial charge in [-0.05, 0) is 25.7 Å². The second-order valence-electron chi connectivity index (χ2n) is 3.48. The summed E-state index contributed by atoms with van der Waals surface area (Å²) in [6, 6.07) is 0. The molecule has 0 aromatic carbocycles. The van der Waals surface area contributed by atoms with Crippen molar-refractivity contribution >= 4 is 17.3 Å². The smallest absolute Gasteiger partial charge is 0.166 e. The molecule has 2 N–H and O–H groups in total.